The standard InChI is InChI=1S/C23H19N3O2/c1-16-6-2-5-9-21(16)28-15-22(27)25-19-12-10-17(11-13-19)23-24-14-18-7-3-4-8-20(18)26-23/h2-14H,15H2,1H3,(H,25,27). The zero-order valence-corrected chi connectivity index (χ0v) is 15.4. The number of carbonyl (C=O) groups excluding carboxylic acids is 1. The Morgan fingerprint density at radius 1 is 0.964 bits per heavy atom. The number of benzene rings is 3. The van der Waals surface area contributed by atoms with Gasteiger partial charge in [0.2, 0.25) is 0 Å². The number of hydrogen-bond donors (Lipinski definition) is 1. The summed E-state index contributed by atoms with van der Waals surface area (Å²) >= 11 is 0. The predicted molar refractivity (Wildman–Crippen MR) is 110 cm³/mol. The third-order valence-corrected chi connectivity index (χ3v) is 4.37. The van der Waals surface area contributed by atoms with Gasteiger partial charge in [-0.05, 0) is 48.9 Å². The van der Waals surface area contributed by atoms with Crippen molar-refractivity contribution >= 4 is 22.5 Å². The molecule has 1 amide bonds. The second kappa shape index (κ2) is 7.88. The number of aromatic nitrogens is 2. The van der Waals surface area contributed by atoms with Crippen LogP contribution in [0.15, 0.2) is 79.0 Å². The van der Waals surface area contributed by atoms with Crippen molar-refractivity contribution in [1.29, 1.82) is 0 Å². The number of amides is 1. The van der Waals surface area contributed by atoms with Crippen molar-refractivity contribution in [3.05, 3.63) is 84.6 Å². The molecule has 5 nitrogen and oxygen atoms in total. The van der Waals surface area contributed by atoms with E-state index in [0.29, 0.717) is 17.3 Å². The molecule has 0 spiro atoms. The number of hydrogen-bond acceptors (Lipinski definition) is 4. The van der Waals surface area contributed by atoms with Gasteiger partial charge in [-0.2, -0.15) is 0 Å². The highest BCUT2D eigenvalue weighted by molar-refractivity contribution is 5.92. The quantitative estimate of drug-likeness (QED) is 0.557. The summed E-state index contributed by atoms with van der Waals surface area (Å²) in [6.45, 7) is 1.90. The fourth-order valence-corrected chi connectivity index (χ4v) is 2.87. The lowest BCUT2D eigenvalue weighted by Crippen LogP contribution is -2.20. The number of anilines is 1. The molecule has 0 unspecified atom stereocenters. The molecular formula is C23H19N3O2. The van der Waals surface area contributed by atoms with Gasteiger partial charge in [-0.1, -0.05) is 36.4 Å². The van der Waals surface area contributed by atoms with Gasteiger partial charge in [-0.3, -0.25) is 4.79 Å². The molecule has 4 aromatic rings. The summed E-state index contributed by atoms with van der Waals surface area (Å²) in [7, 11) is 0. The lowest BCUT2D eigenvalue weighted by atomic mass is 10.1. The zero-order valence-electron chi connectivity index (χ0n) is 15.4. The fourth-order valence-electron chi connectivity index (χ4n) is 2.87. The molecule has 0 bridgehead atoms. The van der Waals surface area contributed by atoms with Crippen LogP contribution in [-0.4, -0.2) is 22.5 Å². The minimum absolute atomic E-state index is 0.0413. The van der Waals surface area contributed by atoms with E-state index in [2.05, 4.69) is 15.3 Å². The molecule has 0 aliphatic rings. The highest BCUT2D eigenvalue weighted by atomic mass is 16.5. The summed E-state index contributed by atoms with van der Waals surface area (Å²) in [5.74, 6) is 1.15. The van der Waals surface area contributed by atoms with Gasteiger partial charge in [0.05, 0.1) is 5.52 Å². The molecule has 28 heavy (non-hydrogen) atoms. The third-order valence-electron chi connectivity index (χ3n) is 4.37. The monoisotopic (exact) mass is 369 g/mol. The van der Waals surface area contributed by atoms with E-state index in [1.165, 1.54) is 0 Å². The summed E-state index contributed by atoms with van der Waals surface area (Å²) in [6.07, 6.45) is 1.82. The van der Waals surface area contributed by atoms with Gasteiger partial charge in [0, 0.05) is 22.8 Å². The average molecular weight is 369 g/mol. The second-order valence-corrected chi connectivity index (χ2v) is 6.43. The summed E-state index contributed by atoms with van der Waals surface area (Å²) in [5, 5.41) is 3.84. The zero-order chi connectivity index (χ0) is 19.3. The first kappa shape index (κ1) is 17.7. The van der Waals surface area contributed by atoms with Crippen molar-refractivity contribution < 1.29 is 9.53 Å². The molecule has 0 saturated heterocycles. The lowest BCUT2D eigenvalue weighted by Gasteiger charge is -2.10. The number of para-hydroxylation sites is 2. The highest BCUT2D eigenvalue weighted by Gasteiger charge is 2.07. The van der Waals surface area contributed by atoms with Crippen molar-refractivity contribution in [2.75, 3.05) is 11.9 Å². The van der Waals surface area contributed by atoms with E-state index in [4.69, 9.17) is 4.74 Å². The SMILES string of the molecule is Cc1ccccc1OCC(=O)Nc1ccc(-c2ncc3ccccc3n2)cc1. The maximum absolute atomic E-state index is 12.1. The molecule has 0 aliphatic heterocycles. The van der Waals surface area contributed by atoms with Crippen LogP contribution in [0.1, 0.15) is 5.56 Å². The summed E-state index contributed by atoms with van der Waals surface area (Å²) in [5.41, 5.74) is 3.48. The minimum atomic E-state index is -0.210. The number of nitrogens with one attached hydrogen (secondary N) is 1. The molecule has 0 aliphatic carbocycles. The first-order chi connectivity index (χ1) is 13.7. The van der Waals surface area contributed by atoms with Crippen LogP contribution in [0, 0.1) is 6.92 Å². The molecule has 0 radical (unpaired) electrons. The smallest absolute Gasteiger partial charge is 0.262 e. The van der Waals surface area contributed by atoms with E-state index >= 15 is 0 Å². The largest absolute Gasteiger partial charge is 0.483 e. The summed E-state index contributed by atoms with van der Waals surface area (Å²) in [6, 6.07) is 22.9. The van der Waals surface area contributed by atoms with Gasteiger partial charge in [-0.15, -0.1) is 0 Å². The van der Waals surface area contributed by atoms with E-state index in [1.807, 2.05) is 85.9 Å². The van der Waals surface area contributed by atoms with E-state index in [0.717, 1.165) is 22.0 Å². The fraction of sp³-hybridized carbons (Fsp3) is 0.0870. The predicted octanol–water partition coefficient (Wildman–Crippen LogP) is 4.62. The Balaban J connectivity index is 1.41. The van der Waals surface area contributed by atoms with Crippen molar-refractivity contribution in [2.45, 2.75) is 6.92 Å². The highest BCUT2D eigenvalue weighted by Crippen LogP contribution is 2.21. The number of fused-ring (bicyclic) bond motifs is 1. The third kappa shape index (κ3) is 3.99. The number of nitrogens with zero attached hydrogens (tertiary/aromatic N) is 2. The molecule has 1 heterocycles. The van der Waals surface area contributed by atoms with E-state index in [9.17, 15) is 4.79 Å². The number of rotatable bonds is 5. The number of aryl methyl sites for hydroxylation is 1. The van der Waals surface area contributed by atoms with Gasteiger partial charge in [0.15, 0.2) is 12.4 Å². The van der Waals surface area contributed by atoms with Crippen LogP contribution in [0.2, 0.25) is 0 Å². The lowest BCUT2D eigenvalue weighted by molar-refractivity contribution is -0.118. The van der Waals surface area contributed by atoms with Crippen molar-refractivity contribution in [3.63, 3.8) is 0 Å². The summed E-state index contributed by atoms with van der Waals surface area (Å²) < 4.78 is 5.57. The van der Waals surface area contributed by atoms with Gasteiger partial charge < -0.3 is 10.1 Å². The minimum Gasteiger partial charge on any atom is -0.483 e. The average Bonchev–Trinajstić information content (AvgIpc) is 2.73. The van der Waals surface area contributed by atoms with E-state index in [-0.39, 0.29) is 12.5 Å². The van der Waals surface area contributed by atoms with Gasteiger partial charge in [0.25, 0.3) is 5.91 Å². The van der Waals surface area contributed by atoms with Crippen molar-refractivity contribution in [2.24, 2.45) is 0 Å². The second-order valence-electron chi connectivity index (χ2n) is 6.43. The molecule has 4 rings (SSSR count). The van der Waals surface area contributed by atoms with Crippen LogP contribution >= 0.6 is 0 Å². The Labute approximate surface area is 163 Å². The molecular weight excluding hydrogens is 350 g/mol. The van der Waals surface area contributed by atoms with Crippen LogP contribution in [-0.2, 0) is 4.79 Å². The van der Waals surface area contributed by atoms with Crippen LogP contribution < -0.4 is 10.1 Å². The first-order valence-corrected chi connectivity index (χ1v) is 8.99. The molecule has 0 atom stereocenters. The van der Waals surface area contributed by atoms with Crippen molar-refractivity contribution in [1.82, 2.24) is 9.97 Å². The van der Waals surface area contributed by atoms with Gasteiger partial charge in [-0.25, -0.2) is 9.97 Å². The van der Waals surface area contributed by atoms with Crippen LogP contribution in [0.25, 0.3) is 22.3 Å². The first-order valence-electron chi connectivity index (χ1n) is 8.99. The maximum Gasteiger partial charge on any atom is 0.262 e. The van der Waals surface area contributed by atoms with Gasteiger partial charge >= 0.3 is 0 Å². The van der Waals surface area contributed by atoms with E-state index in [1.54, 1.807) is 0 Å². The van der Waals surface area contributed by atoms with Crippen LogP contribution in [0.5, 0.6) is 5.75 Å². The molecule has 1 aromatic heterocycles. The van der Waals surface area contributed by atoms with Crippen molar-refractivity contribution in [3.8, 4) is 17.1 Å². The number of carbonyl (C=O) groups is 1. The molecule has 1 N–H and O–H groups in total. The molecule has 138 valence electrons. The maximum atomic E-state index is 12.1. The Kier molecular flexibility index (Phi) is 4.97. The van der Waals surface area contributed by atoms with E-state index < -0.39 is 0 Å². The molecule has 3 aromatic carbocycles. The normalized spacial score (nSPS) is 10.6. The Hall–Kier alpha value is -3.73. The van der Waals surface area contributed by atoms with Crippen LogP contribution in [0.3, 0.4) is 0 Å². The Bertz CT molecular complexity index is 1120. The van der Waals surface area contributed by atoms with Gasteiger partial charge in [0.1, 0.15) is 5.75 Å². The molecule has 0 fully saturated rings. The Morgan fingerprint density at radius 2 is 1.71 bits per heavy atom. The molecule has 5 heteroatoms. The summed E-state index contributed by atoms with van der Waals surface area (Å²) in [4.78, 5) is 21.1. The van der Waals surface area contributed by atoms with Crippen LogP contribution in [0.4, 0.5) is 5.69 Å². The Morgan fingerprint density at radius 3 is 2.54 bits per heavy atom. The molecule has 0 saturated carbocycles. The number of ether oxygens (including phenoxy) is 1. The topological polar surface area (TPSA) is 64.1 Å².